The molecule has 1 saturated carbocycles. The topological polar surface area (TPSA) is 17.1 Å². The van der Waals surface area contributed by atoms with E-state index < -0.39 is 0 Å². The molecule has 1 fully saturated rings. The molecule has 0 aromatic rings. The summed E-state index contributed by atoms with van der Waals surface area (Å²) >= 11 is 0. The van der Waals surface area contributed by atoms with Crippen molar-refractivity contribution in [3.05, 3.63) is 0 Å². The normalized spacial score (nSPS) is 21.4. The Hall–Kier alpha value is -0.330. The molecular formula is C10H18O. The van der Waals surface area contributed by atoms with Crippen molar-refractivity contribution in [3.8, 4) is 0 Å². The van der Waals surface area contributed by atoms with Gasteiger partial charge in [-0.25, -0.2) is 0 Å². The maximum Gasteiger partial charge on any atom is 0.126 e. The Morgan fingerprint density at radius 3 is 2.00 bits per heavy atom. The number of hydrogen-bond donors (Lipinski definition) is 0. The number of carbonyl (C=O) groups excluding carboxylic acids is 1. The second-order valence-corrected chi connectivity index (χ2v) is 3.72. The maximum absolute atomic E-state index is 10.9. The van der Waals surface area contributed by atoms with Crippen LogP contribution in [0.5, 0.6) is 0 Å². The second-order valence-electron chi connectivity index (χ2n) is 3.72. The predicted octanol–water partition coefficient (Wildman–Crippen LogP) is 2.79. The first-order valence-electron chi connectivity index (χ1n) is 4.75. The van der Waals surface area contributed by atoms with Gasteiger partial charge in [0.05, 0.1) is 0 Å². The van der Waals surface area contributed by atoms with E-state index in [1.54, 1.807) is 0 Å². The quantitative estimate of drug-likeness (QED) is 0.569. The molecule has 1 heteroatoms. The van der Waals surface area contributed by atoms with Crippen LogP contribution in [-0.2, 0) is 4.79 Å². The van der Waals surface area contributed by atoms with E-state index >= 15 is 0 Å². The van der Waals surface area contributed by atoms with Gasteiger partial charge in [-0.1, -0.05) is 33.1 Å². The van der Waals surface area contributed by atoms with Crippen molar-refractivity contribution in [2.75, 3.05) is 0 Å². The highest BCUT2D eigenvalue weighted by molar-refractivity contribution is 5.61. The van der Waals surface area contributed by atoms with Crippen molar-refractivity contribution >= 4 is 6.29 Å². The van der Waals surface area contributed by atoms with Crippen LogP contribution in [0.3, 0.4) is 0 Å². The molecule has 0 amide bonds. The molecule has 0 unspecified atom stereocenters. The first-order chi connectivity index (χ1) is 5.29. The van der Waals surface area contributed by atoms with Crippen LogP contribution in [0.1, 0.15) is 46.0 Å². The molecule has 1 nitrogen and oxygen atoms in total. The average Bonchev–Trinajstić information content (AvgIpc) is 1.96. The molecule has 1 rings (SSSR count). The first kappa shape index (κ1) is 8.76. The lowest BCUT2D eigenvalue weighted by molar-refractivity contribution is -0.125. The van der Waals surface area contributed by atoms with Crippen LogP contribution in [0, 0.1) is 11.3 Å². The van der Waals surface area contributed by atoms with Gasteiger partial charge in [-0.3, -0.25) is 0 Å². The lowest BCUT2D eigenvalue weighted by Crippen LogP contribution is -2.38. The van der Waals surface area contributed by atoms with Gasteiger partial charge in [-0.2, -0.15) is 0 Å². The molecule has 0 aromatic carbocycles. The minimum Gasteiger partial charge on any atom is -0.303 e. The maximum atomic E-state index is 10.9. The van der Waals surface area contributed by atoms with Gasteiger partial charge in [0.25, 0.3) is 0 Å². The summed E-state index contributed by atoms with van der Waals surface area (Å²) in [5.74, 6) is 0.647. The Bertz CT molecular complexity index is 132. The monoisotopic (exact) mass is 154 g/mol. The summed E-state index contributed by atoms with van der Waals surface area (Å²) in [4.78, 5) is 10.9. The molecule has 0 saturated heterocycles. The number of aldehydes is 1. The third-order valence-electron chi connectivity index (χ3n) is 3.32. The van der Waals surface area contributed by atoms with Gasteiger partial charge in [0.1, 0.15) is 6.29 Å². The highest BCUT2D eigenvalue weighted by atomic mass is 16.1. The van der Waals surface area contributed by atoms with E-state index in [-0.39, 0.29) is 5.41 Å². The van der Waals surface area contributed by atoms with E-state index in [4.69, 9.17) is 0 Å². The highest BCUT2D eigenvalue weighted by Gasteiger charge is 2.41. The second kappa shape index (κ2) is 3.38. The minimum atomic E-state index is 0.101. The molecule has 0 N–H and O–H groups in total. The zero-order valence-electron chi connectivity index (χ0n) is 7.60. The van der Waals surface area contributed by atoms with Crippen LogP contribution in [-0.4, -0.2) is 6.29 Å². The van der Waals surface area contributed by atoms with Crippen LogP contribution < -0.4 is 0 Å². The van der Waals surface area contributed by atoms with Crippen LogP contribution in [0.15, 0.2) is 0 Å². The van der Waals surface area contributed by atoms with Crippen molar-refractivity contribution in [2.24, 2.45) is 11.3 Å². The largest absolute Gasteiger partial charge is 0.303 e. The smallest absolute Gasteiger partial charge is 0.126 e. The Morgan fingerprint density at radius 1 is 1.36 bits per heavy atom. The molecule has 0 atom stereocenters. The summed E-state index contributed by atoms with van der Waals surface area (Å²) in [6, 6.07) is 0. The fraction of sp³-hybridized carbons (Fsp3) is 0.900. The van der Waals surface area contributed by atoms with Gasteiger partial charge in [0.15, 0.2) is 0 Å². The van der Waals surface area contributed by atoms with Gasteiger partial charge in [0, 0.05) is 5.41 Å². The molecule has 0 aromatic heterocycles. The zero-order valence-corrected chi connectivity index (χ0v) is 7.60. The summed E-state index contributed by atoms with van der Waals surface area (Å²) in [6.07, 6.45) is 7.08. The third kappa shape index (κ3) is 1.33. The lowest BCUT2D eigenvalue weighted by Gasteiger charge is -2.43. The van der Waals surface area contributed by atoms with Gasteiger partial charge >= 0.3 is 0 Å². The van der Waals surface area contributed by atoms with Gasteiger partial charge < -0.3 is 4.79 Å². The van der Waals surface area contributed by atoms with Crippen LogP contribution >= 0.6 is 0 Å². The van der Waals surface area contributed by atoms with Crippen molar-refractivity contribution < 1.29 is 4.79 Å². The van der Waals surface area contributed by atoms with E-state index in [9.17, 15) is 4.79 Å². The van der Waals surface area contributed by atoms with E-state index in [0.29, 0.717) is 5.92 Å². The highest BCUT2D eigenvalue weighted by Crippen LogP contribution is 2.47. The molecular weight excluding hydrogens is 136 g/mol. The Morgan fingerprint density at radius 2 is 1.91 bits per heavy atom. The van der Waals surface area contributed by atoms with Crippen molar-refractivity contribution in [3.63, 3.8) is 0 Å². The van der Waals surface area contributed by atoms with Crippen LogP contribution in [0.4, 0.5) is 0 Å². The molecule has 11 heavy (non-hydrogen) atoms. The van der Waals surface area contributed by atoms with Crippen molar-refractivity contribution in [1.82, 2.24) is 0 Å². The fourth-order valence-corrected chi connectivity index (χ4v) is 2.31. The molecule has 1 aliphatic carbocycles. The van der Waals surface area contributed by atoms with Crippen molar-refractivity contribution in [1.29, 1.82) is 0 Å². The summed E-state index contributed by atoms with van der Waals surface area (Å²) in [5.41, 5.74) is 0.101. The Balaban J connectivity index is 2.58. The molecule has 1 aliphatic rings. The average molecular weight is 154 g/mol. The minimum absolute atomic E-state index is 0.101. The van der Waals surface area contributed by atoms with Crippen LogP contribution in [0.2, 0.25) is 0 Å². The fourth-order valence-electron chi connectivity index (χ4n) is 2.31. The molecule has 0 spiro atoms. The summed E-state index contributed by atoms with van der Waals surface area (Å²) < 4.78 is 0. The SMILES string of the molecule is CCC(CC)C1(C=O)CCC1. The first-order valence-corrected chi connectivity index (χ1v) is 4.75. The number of rotatable bonds is 4. The molecule has 0 heterocycles. The third-order valence-corrected chi connectivity index (χ3v) is 3.32. The number of hydrogen-bond acceptors (Lipinski definition) is 1. The van der Waals surface area contributed by atoms with Crippen molar-refractivity contribution in [2.45, 2.75) is 46.0 Å². The van der Waals surface area contributed by atoms with E-state index in [0.717, 1.165) is 25.7 Å². The Kier molecular flexibility index (Phi) is 2.69. The van der Waals surface area contributed by atoms with E-state index in [2.05, 4.69) is 13.8 Å². The zero-order chi connectivity index (χ0) is 8.32. The molecule has 0 bridgehead atoms. The summed E-state index contributed by atoms with van der Waals surface area (Å²) in [5, 5.41) is 0. The van der Waals surface area contributed by atoms with E-state index in [1.165, 1.54) is 12.7 Å². The van der Waals surface area contributed by atoms with Gasteiger partial charge in [-0.15, -0.1) is 0 Å². The van der Waals surface area contributed by atoms with E-state index in [1.807, 2.05) is 0 Å². The predicted molar refractivity (Wildman–Crippen MR) is 46.4 cm³/mol. The van der Waals surface area contributed by atoms with Crippen LogP contribution in [0.25, 0.3) is 0 Å². The standard InChI is InChI=1S/C10H18O/c1-3-9(4-2)10(8-11)6-5-7-10/h8-9H,3-7H2,1-2H3. The summed E-state index contributed by atoms with van der Waals surface area (Å²) in [7, 11) is 0. The molecule has 0 radical (unpaired) electrons. The lowest BCUT2D eigenvalue weighted by atomic mass is 9.60. The van der Waals surface area contributed by atoms with Gasteiger partial charge in [0.2, 0.25) is 0 Å². The molecule has 0 aliphatic heterocycles. The Labute approximate surface area is 69.2 Å². The number of carbonyl (C=O) groups is 1. The summed E-state index contributed by atoms with van der Waals surface area (Å²) in [6.45, 7) is 4.38. The molecule has 64 valence electrons. The van der Waals surface area contributed by atoms with Gasteiger partial charge in [-0.05, 0) is 18.8 Å².